The summed E-state index contributed by atoms with van der Waals surface area (Å²) in [6.07, 6.45) is 3.24. The summed E-state index contributed by atoms with van der Waals surface area (Å²) < 4.78 is 33.2. The number of hydrogen-bond donors (Lipinski definition) is 2. The van der Waals surface area contributed by atoms with Gasteiger partial charge in [0.25, 0.3) is 6.01 Å². The fourth-order valence-corrected chi connectivity index (χ4v) is 5.28. The quantitative estimate of drug-likeness (QED) is 0.369. The minimum Gasteiger partial charge on any atom is -0.456 e. The molecule has 0 amide bonds. The smallest absolute Gasteiger partial charge is 0.296 e. The molecule has 10 nitrogen and oxygen atoms in total. The van der Waals surface area contributed by atoms with Gasteiger partial charge in [0, 0.05) is 39.6 Å². The molecule has 2 aliphatic heterocycles. The van der Waals surface area contributed by atoms with Crippen molar-refractivity contribution < 1.29 is 23.5 Å². The monoisotopic (exact) mass is 555 g/mol. The topological polar surface area (TPSA) is 132 Å². The molecule has 0 saturated carbocycles. The summed E-state index contributed by atoms with van der Waals surface area (Å²) in [4.78, 5) is 16.8. The minimum atomic E-state index is -2.14. The average molecular weight is 556 g/mol. The Balaban J connectivity index is 1.19. The van der Waals surface area contributed by atoms with E-state index in [1.54, 1.807) is 24.8 Å². The molecule has 5 heterocycles. The lowest BCUT2D eigenvalue weighted by molar-refractivity contribution is 0.00706. The third-order valence-electron chi connectivity index (χ3n) is 6.49. The molecule has 4 aromatic rings. The second kappa shape index (κ2) is 9.90. The van der Waals surface area contributed by atoms with Gasteiger partial charge in [0.05, 0.1) is 41.7 Å². The first-order valence-corrected chi connectivity index (χ1v) is 14.8. The Kier molecular flexibility index (Phi) is 6.57. The molecule has 3 aromatic heterocycles. The van der Waals surface area contributed by atoms with Gasteiger partial charge in [-0.15, -0.1) is 0 Å². The van der Waals surface area contributed by atoms with Crippen molar-refractivity contribution in [3.63, 3.8) is 0 Å². The molecule has 38 heavy (non-hydrogen) atoms. The van der Waals surface area contributed by atoms with Crippen LogP contribution in [0.2, 0.25) is 5.02 Å². The molecular formula is C26H26ClN5O5S. The Hall–Kier alpha value is -3.09. The van der Waals surface area contributed by atoms with Crippen LogP contribution in [-0.2, 0) is 25.7 Å². The molecule has 0 aliphatic carbocycles. The van der Waals surface area contributed by atoms with Gasteiger partial charge in [-0.25, -0.2) is 9.35 Å². The highest BCUT2D eigenvalue weighted by molar-refractivity contribution is 7.92. The predicted molar refractivity (Wildman–Crippen MR) is 144 cm³/mol. The van der Waals surface area contributed by atoms with Gasteiger partial charge in [0.15, 0.2) is 11.8 Å². The Morgan fingerprint density at radius 3 is 2.61 bits per heavy atom. The molecular weight excluding hydrogens is 530 g/mol. The van der Waals surface area contributed by atoms with E-state index in [0.717, 1.165) is 22.4 Å². The molecule has 6 rings (SSSR count). The van der Waals surface area contributed by atoms with Crippen LogP contribution in [-0.4, -0.2) is 79.4 Å². The van der Waals surface area contributed by atoms with Gasteiger partial charge in [-0.1, -0.05) is 41.9 Å². The number of aliphatic hydroxyl groups excluding tert-OH is 1. The van der Waals surface area contributed by atoms with E-state index < -0.39 is 15.8 Å². The van der Waals surface area contributed by atoms with Crippen LogP contribution in [0.1, 0.15) is 5.56 Å². The van der Waals surface area contributed by atoms with Crippen molar-refractivity contribution in [1.29, 1.82) is 0 Å². The predicted octanol–water partition coefficient (Wildman–Crippen LogP) is 3.47. The normalized spacial score (nSPS) is 23.1. The van der Waals surface area contributed by atoms with Gasteiger partial charge >= 0.3 is 0 Å². The van der Waals surface area contributed by atoms with Gasteiger partial charge in [-0.3, -0.25) is 9.19 Å². The van der Waals surface area contributed by atoms with E-state index in [0.29, 0.717) is 35.0 Å². The number of aromatic amines is 1. The van der Waals surface area contributed by atoms with Gasteiger partial charge in [0.2, 0.25) is 0 Å². The van der Waals surface area contributed by atoms with Gasteiger partial charge in [0.1, 0.15) is 18.3 Å². The van der Waals surface area contributed by atoms with E-state index in [2.05, 4.69) is 24.3 Å². The summed E-state index contributed by atoms with van der Waals surface area (Å²) >= 11 is 6.58. The summed E-state index contributed by atoms with van der Waals surface area (Å²) in [5.41, 5.74) is 5.21. The molecule has 1 aromatic carbocycles. The first-order chi connectivity index (χ1) is 18.2. The first-order valence-electron chi connectivity index (χ1n) is 12.1. The molecule has 0 unspecified atom stereocenters. The van der Waals surface area contributed by atoms with Crippen LogP contribution in [0.4, 0.5) is 0 Å². The van der Waals surface area contributed by atoms with Gasteiger partial charge < -0.3 is 24.3 Å². The largest absolute Gasteiger partial charge is 0.456 e. The van der Waals surface area contributed by atoms with Crippen LogP contribution in [0.25, 0.3) is 33.7 Å². The van der Waals surface area contributed by atoms with E-state index in [4.69, 9.17) is 25.8 Å². The third-order valence-corrected chi connectivity index (χ3v) is 7.53. The highest BCUT2D eigenvalue weighted by Gasteiger charge is 2.48. The van der Waals surface area contributed by atoms with Crippen LogP contribution >= 0.6 is 11.6 Å². The second-order valence-corrected chi connectivity index (χ2v) is 12.7. The van der Waals surface area contributed by atoms with Crippen molar-refractivity contribution in [2.45, 2.75) is 31.0 Å². The average Bonchev–Trinajstić information content (AvgIpc) is 3.59. The number of ether oxygens (including phenoxy) is 3. The Bertz CT molecular complexity index is 1590. The number of nitrogens with zero attached hydrogens (tertiary/aromatic N) is 4. The molecule has 0 radical (unpaired) electrons. The summed E-state index contributed by atoms with van der Waals surface area (Å²) in [7, 11) is -2.14. The molecule has 2 aliphatic rings. The van der Waals surface area contributed by atoms with Crippen LogP contribution in [0, 0.1) is 0 Å². The number of H-pyrrole nitrogens is 1. The molecule has 12 heteroatoms. The van der Waals surface area contributed by atoms with Crippen LogP contribution in [0.3, 0.4) is 0 Å². The molecule has 0 spiro atoms. The van der Waals surface area contributed by atoms with Crippen molar-refractivity contribution in [2.75, 3.05) is 25.7 Å². The molecule has 198 valence electrons. The molecule has 2 N–H and O–H groups in total. The van der Waals surface area contributed by atoms with E-state index in [1.807, 2.05) is 36.4 Å². The van der Waals surface area contributed by atoms with E-state index >= 15 is 0 Å². The number of aromatic nitrogens is 4. The van der Waals surface area contributed by atoms with Crippen molar-refractivity contribution in [3.05, 3.63) is 59.2 Å². The van der Waals surface area contributed by atoms with E-state index in [1.165, 1.54) is 0 Å². The summed E-state index contributed by atoms with van der Waals surface area (Å²) in [5, 5.41) is 10.4. The Morgan fingerprint density at radius 1 is 1.11 bits per heavy atom. The van der Waals surface area contributed by atoms with Crippen molar-refractivity contribution in [3.8, 4) is 28.5 Å². The number of benzene rings is 1. The van der Waals surface area contributed by atoms with E-state index in [9.17, 15) is 9.32 Å². The second-order valence-electron chi connectivity index (χ2n) is 9.65. The lowest BCUT2D eigenvalue weighted by atomic mass is 10.1. The fraction of sp³-hybridized carbons (Fsp3) is 0.346. The van der Waals surface area contributed by atoms with Crippen molar-refractivity contribution in [2.24, 2.45) is 4.36 Å². The highest BCUT2D eigenvalue weighted by Crippen LogP contribution is 2.33. The number of nitrogens with one attached hydrogen (secondary N) is 1. The number of pyridine rings is 2. The lowest BCUT2D eigenvalue weighted by Crippen LogP contribution is -2.34. The molecule has 0 bridgehead atoms. The number of fused-ring (bicyclic) bond motifs is 2. The van der Waals surface area contributed by atoms with Crippen LogP contribution in [0.5, 0.6) is 6.01 Å². The molecule has 4 atom stereocenters. The number of rotatable bonds is 6. The number of halogens is 1. The highest BCUT2D eigenvalue weighted by atomic mass is 35.5. The van der Waals surface area contributed by atoms with Crippen molar-refractivity contribution in [1.82, 2.24) is 19.9 Å². The third kappa shape index (κ3) is 5.12. The molecule has 2 saturated heterocycles. The maximum absolute atomic E-state index is 11.8. The Morgan fingerprint density at radius 2 is 1.87 bits per heavy atom. The summed E-state index contributed by atoms with van der Waals surface area (Å²) in [6, 6.07) is 13.7. The number of hydrogen-bond acceptors (Lipinski definition) is 9. The number of aliphatic hydroxyl groups is 1. The summed E-state index contributed by atoms with van der Waals surface area (Å²) in [5.74, 6) is 0. The first kappa shape index (κ1) is 25.2. The zero-order valence-corrected chi connectivity index (χ0v) is 22.3. The molecule has 2 fully saturated rings. The van der Waals surface area contributed by atoms with Crippen molar-refractivity contribution >= 4 is 32.5 Å². The van der Waals surface area contributed by atoms with Crippen LogP contribution < -0.4 is 4.74 Å². The zero-order valence-electron chi connectivity index (χ0n) is 20.7. The number of imidazole rings is 1. The maximum Gasteiger partial charge on any atom is 0.296 e. The standard InChI is InChI=1S/C26H26ClN5O5S/c1-38(2,34)29-11-14-3-8-18(28-10-14)15-4-6-16(7-5-15)22-17(27)9-19-25(31-22)32-26(30-19)37-21-13-36-23-20(33)12-35-24(21)23/h3-10,20-21,23-24,33H,11-13H2,1-2H3,(H,30,31,32)/t20-,21-,23-,24-/m1/s1. The van der Waals surface area contributed by atoms with Gasteiger partial charge in [-0.05, 0) is 17.7 Å². The zero-order chi connectivity index (χ0) is 26.4. The fourth-order valence-electron chi connectivity index (χ4n) is 4.56. The van der Waals surface area contributed by atoms with Gasteiger partial charge in [-0.2, -0.15) is 4.98 Å². The Labute approximate surface area is 224 Å². The van der Waals surface area contributed by atoms with Crippen LogP contribution in [0.15, 0.2) is 53.0 Å². The van der Waals surface area contributed by atoms with E-state index in [-0.39, 0.29) is 30.9 Å². The SMILES string of the molecule is CS(C)(=O)=NCc1ccc(-c2ccc(-c3nc4nc(O[C@@H]5CO[C@H]6[C@@H]5OC[C@H]6O)[nH]c4cc3Cl)cc2)nc1. The maximum atomic E-state index is 11.8. The summed E-state index contributed by atoms with van der Waals surface area (Å²) in [6.45, 7) is 0.909. The minimum absolute atomic E-state index is 0.230. The lowest BCUT2D eigenvalue weighted by Gasteiger charge is -2.15.